The zero-order valence-corrected chi connectivity index (χ0v) is 16.2. The maximum absolute atomic E-state index is 12.8. The Labute approximate surface area is 155 Å². The third-order valence-electron chi connectivity index (χ3n) is 5.55. The molecule has 3 rings (SSSR count). The van der Waals surface area contributed by atoms with Gasteiger partial charge >= 0.3 is 0 Å². The number of para-hydroxylation sites is 2. The largest absolute Gasteiger partial charge is 0.506 e. The molecule has 0 aliphatic carbocycles. The Bertz CT molecular complexity index is 759. The highest BCUT2D eigenvalue weighted by atomic mass is 32.2. The topological polar surface area (TPSA) is 81.2 Å². The second-order valence-electron chi connectivity index (χ2n) is 7.19. The second kappa shape index (κ2) is 7.44. The lowest BCUT2D eigenvalue weighted by Gasteiger charge is -2.40. The summed E-state index contributed by atoms with van der Waals surface area (Å²) < 4.78 is 23.3. The van der Waals surface area contributed by atoms with Crippen LogP contribution < -0.4 is 4.90 Å². The average molecular weight is 381 g/mol. The minimum absolute atomic E-state index is 0.0249. The summed E-state index contributed by atoms with van der Waals surface area (Å²) in [4.78, 5) is 18.6. The molecule has 1 amide bonds. The number of likely N-dealkylation sites (N-methyl/N-ethyl adjacent to an activating group) is 1. The minimum Gasteiger partial charge on any atom is -0.506 e. The van der Waals surface area contributed by atoms with E-state index in [1.54, 1.807) is 24.1 Å². The molecular formula is C18H27N3O4S. The lowest BCUT2D eigenvalue weighted by Crippen LogP contribution is -2.55. The minimum atomic E-state index is -3.00. The van der Waals surface area contributed by atoms with Gasteiger partial charge in [0.1, 0.15) is 5.75 Å². The maximum atomic E-state index is 12.8. The molecule has 0 bridgehead atoms. The molecule has 1 aromatic rings. The van der Waals surface area contributed by atoms with Gasteiger partial charge in [-0.15, -0.1) is 0 Å². The molecular weight excluding hydrogens is 354 g/mol. The third kappa shape index (κ3) is 3.96. The van der Waals surface area contributed by atoms with Gasteiger partial charge < -0.3 is 14.9 Å². The first-order valence-electron chi connectivity index (χ1n) is 9.02. The fraction of sp³-hybridized carbons (Fsp3) is 0.611. The van der Waals surface area contributed by atoms with E-state index in [4.69, 9.17) is 0 Å². The highest BCUT2D eigenvalue weighted by molar-refractivity contribution is 7.91. The van der Waals surface area contributed by atoms with Crippen LogP contribution in [-0.2, 0) is 14.6 Å². The van der Waals surface area contributed by atoms with Gasteiger partial charge in [-0.3, -0.25) is 9.69 Å². The first kappa shape index (κ1) is 19.0. The molecule has 1 aromatic carbocycles. The summed E-state index contributed by atoms with van der Waals surface area (Å²) in [5.74, 6) is 0.488. The van der Waals surface area contributed by atoms with E-state index in [-0.39, 0.29) is 35.2 Å². The van der Waals surface area contributed by atoms with E-state index < -0.39 is 9.84 Å². The van der Waals surface area contributed by atoms with E-state index in [1.807, 2.05) is 19.1 Å². The first-order valence-corrected chi connectivity index (χ1v) is 10.8. The highest BCUT2D eigenvalue weighted by Gasteiger charge is 2.36. The second-order valence-corrected chi connectivity index (χ2v) is 9.42. The fourth-order valence-corrected chi connectivity index (χ4v) is 5.57. The van der Waals surface area contributed by atoms with E-state index >= 15 is 0 Å². The molecule has 0 aromatic heterocycles. The molecule has 0 unspecified atom stereocenters. The van der Waals surface area contributed by atoms with E-state index in [0.717, 1.165) is 31.9 Å². The summed E-state index contributed by atoms with van der Waals surface area (Å²) in [5, 5.41) is 10.00. The van der Waals surface area contributed by atoms with Crippen molar-refractivity contribution in [3.63, 3.8) is 0 Å². The first-order chi connectivity index (χ1) is 12.3. The third-order valence-corrected chi connectivity index (χ3v) is 7.30. The van der Waals surface area contributed by atoms with E-state index in [0.29, 0.717) is 6.42 Å². The van der Waals surface area contributed by atoms with Crippen molar-refractivity contribution in [2.45, 2.75) is 25.4 Å². The average Bonchev–Trinajstić information content (AvgIpc) is 3.00. The van der Waals surface area contributed by atoms with Gasteiger partial charge in [-0.1, -0.05) is 12.1 Å². The number of piperazine rings is 1. The van der Waals surface area contributed by atoms with E-state index in [1.165, 1.54) is 0 Å². The molecule has 2 atom stereocenters. The molecule has 1 N–H and O–H groups in total. The summed E-state index contributed by atoms with van der Waals surface area (Å²) in [6, 6.07) is 6.78. The number of amides is 1. The lowest BCUT2D eigenvalue weighted by molar-refractivity contribution is -0.136. The molecule has 2 fully saturated rings. The molecule has 2 aliphatic heterocycles. The quantitative estimate of drug-likeness (QED) is 0.820. The van der Waals surface area contributed by atoms with Gasteiger partial charge in [-0.05, 0) is 25.5 Å². The summed E-state index contributed by atoms with van der Waals surface area (Å²) in [7, 11) is -1.29. The normalized spacial score (nSPS) is 24.4. The molecule has 8 heteroatoms. The number of anilines is 1. The Hall–Kier alpha value is -1.80. The van der Waals surface area contributed by atoms with Crippen molar-refractivity contribution in [3.05, 3.63) is 24.3 Å². The van der Waals surface area contributed by atoms with Crippen LogP contribution in [0, 0.1) is 0 Å². The molecule has 2 heterocycles. The van der Waals surface area contributed by atoms with Gasteiger partial charge in [-0.2, -0.15) is 0 Å². The number of carbonyl (C=O) groups excluding carboxylic acids is 1. The van der Waals surface area contributed by atoms with Crippen LogP contribution in [0.25, 0.3) is 0 Å². The van der Waals surface area contributed by atoms with Gasteiger partial charge in [0.05, 0.1) is 23.2 Å². The molecule has 144 valence electrons. The zero-order chi connectivity index (χ0) is 18.9. The lowest BCUT2D eigenvalue weighted by atomic mass is 10.1. The summed E-state index contributed by atoms with van der Waals surface area (Å²) in [6.07, 6.45) is 0.526. The predicted molar refractivity (Wildman–Crippen MR) is 101 cm³/mol. The SMILES string of the molecule is C[C@@H](C(=O)N(C)[C@@H]1CCS(=O)(=O)C1)N1CCN(c2ccccc2O)CC1. The molecule has 7 nitrogen and oxygen atoms in total. The Morgan fingerprint density at radius 1 is 1.23 bits per heavy atom. The number of sulfone groups is 1. The predicted octanol–water partition coefficient (Wildman–Crippen LogP) is 0.548. The van der Waals surface area contributed by atoms with Gasteiger partial charge in [0.2, 0.25) is 5.91 Å². The van der Waals surface area contributed by atoms with Crippen LogP contribution >= 0.6 is 0 Å². The van der Waals surface area contributed by atoms with Crippen molar-refractivity contribution in [3.8, 4) is 5.75 Å². The number of benzene rings is 1. The number of hydrogen-bond donors (Lipinski definition) is 1. The van der Waals surface area contributed by atoms with Gasteiger partial charge in [0, 0.05) is 39.3 Å². The summed E-state index contributed by atoms with van der Waals surface area (Å²) in [5.41, 5.74) is 0.819. The van der Waals surface area contributed by atoms with Crippen LogP contribution in [-0.4, -0.2) is 86.0 Å². The molecule has 2 saturated heterocycles. The molecule has 0 saturated carbocycles. The molecule has 2 aliphatic rings. The van der Waals surface area contributed by atoms with Crippen LogP contribution in [0.3, 0.4) is 0 Å². The van der Waals surface area contributed by atoms with Gasteiger partial charge in [0.15, 0.2) is 9.84 Å². The number of hydrogen-bond acceptors (Lipinski definition) is 6. The maximum Gasteiger partial charge on any atom is 0.239 e. The Morgan fingerprint density at radius 2 is 1.88 bits per heavy atom. The summed E-state index contributed by atoms with van der Waals surface area (Å²) >= 11 is 0. The number of aromatic hydroxyl groups is 1. The highest BCUT2D eigenvalue weighted by Crippen LogP contribution is 2.27. The number of nitrogens with zero attached hydrogens (tertiary/aromatic N) is 3. The molecule has 0 radical (unpaired) electrons. The number of phenolic OH excluding ortho intramolecular Hbond substituents is 1. The van der Waals surface area contributed by atoms with Crippen molar-refractivity contribution in [1.82, 2.24) is 9.80 Å². The van der Waals surface area contributed by atoms with Gasteiger partial charge in [0.25, 0.3) is 0 Å². The van der Waals surface area contributed by atoms with Crippen LogP contribution in [0.15, 0.2) is 24.3 Å². The Kier molecular flexibility index (Phi) is 5.43. The molecule has 0 spiro atoms. The van der Waals surface area contributed by atoms with Crippen LogP contribution in [0.4, 0.5) is 5.69 Å². The van der Waals surface area contributed by atoms with Crippen molar-refractivity contribution >= 4 is 21.4 Å². The van der Waals surface area contributed by atoms with Crippen molar-refractivity contribution in [1.29, 1.82) is 0 Å². The van der Waals surface area contributed by atoms with Crippen LogP contribution in [0.2, 0.25) is 0 Å². The molecule has 26 heavy (non-hydrogen) atoms. The van der Waals surface area contributed by atoms with Crippen molar-refractivity contribution in [2.24, 2.45) is 0 Å². The van der Waals surface area contributed by atoms with Crippen LogP contribution in [0.1, 0.15) is 13.3 Å². The monoisotopic (exact) mass is 381 g/mol. The standard InChI is InChI=1S/C18H27N3O4S/c1-14(18(23)19(2)15-7-12-26(24,25)13-15)20-8-10-21(11-9-20)16-5-3-4-6-17(16)22/h3-6,14-15,22H,7-13H2,1-2H3/t14-,15+/m0/s1. The van der Waals surface area contributed by atoms with Crippen molar-refractivity contribution < 1.29 is 18.3 Å². The zero-order valence-electron chi connectivity index (χ0n) is 15.3. The Balaban J connectivity index is 1.57. The number of rotatable bonds is 4. The van der Waals surface area contributed by atoms with Crippen LogP contribution in [0.5, 0.6) is 5.75 Å². The van der Waals surface area contributed by atoms with Gasteiger partial charge in [-0.25, -0.2) is 8.42 Å². The Morgan fingerprint density at radius 3 is 2.46 bits per heavy atom. The smallest absolute Gasteiger partial charge is 0.239 e. The van der Waals surface area contributed by atoms with Crippen molar-refractivity contribution in [2.75, 3.05) is 49.6 Å². The summed E-state index contributed by atoms with van der Waals surface area (Å²) in [6.45, 7) is 4.79. The number of carbonyl (C=O) groups is 1. The number of phenols is 1. The van der Waals surface area contributed by atoms with E-state index in [9.17, 15) is 18.3 Å². The fourth-order valence-electron chi connectivity index (χ4n) is 3.79. The van der Waals surface area contributed by atoms with E-state index in [2.05, 4.69) is 9.80 Å².